The van der Waals surface area contributed by atoms with E-state index in [2.05, 4.69) is 51.9 Å². The van der Waals surface area contributed by atoms with Crippen molar-refractivity contribution in [3.63, 3.8) is 0 Å². The molecule has 20 heavy (non-hydrogen) atoms. The van der Waals surface area contributed by atoms with E-state index in [4.69, 9.17) is 4.98 Å². The molecule has 0 amide bonds. The van der Waals surface area contributed by atoms with Gasteiger partial charge in [-0.15, -0.1) is 0 Å². The minimum absolute atomic E-state index is 0.347. The summed E-state index contributed by atoms with van der Waals surface area (Å²) in [4.78, 5) is 8.75. The van der Waals surface area contributed by atoms with Crippen molar-refractivity contribution in [1.82, 2.24) is 10.3 Å². The van der Waals surface area contributed by atoms with Crippen LogP contribution in [0.1, 0.15) is 64.1 Å². The molecule has 4 heteroatoms. The Kier molecular flexibility index (Phi) is 4.75. The molecule has 0 saturated heterocycles. The first-order valence-corrected chi connectivity index (χ1v) is 8.65. The molecule has 0 radical (unpaired) electrons. The maximum absolute atomic E-state index is 4.95. The number of hydrogen-bond acceptors (Lipinski definition) is 4. The summed E-state index contributed by atoms with van der Waals surface area (Å²) in [5, 5.41) is 4.83. The van der Waals surface area contributed by atoms with Gasteiger partial charge in [-0.2, -0.15) is 0 Å². The molecule has 3 nitrogen and oxygen atoms in total. The van der Waals surface area contributed by atoms with Gasteiger partial charge in [0.2, 0.25) is 0 Å². The standard InChI is InChI=1S/C16H29N3S/c1-7-11(3)19(6)15-18-13-10-16(4,5)9-12(17-8-2)14(13)20-15/h11-12,17H,7-10H2,1-6H3. The Hall–Kier alpha value is -0.610. The molecule has 1 N–H and O–H groups in total. The van der Waals surface area contributed by atoms with Crippen molar-refractivity contribution in [3.05, 3.63) is 10.6 Å². The maximum Gasteiger partial charge on any atom is 0.185 e. The highest BCUT2D eigenvalue weighted by atomic mass is 32.1. The second-order valence-electron chi connectivity index (χ2n) is 6.83. The number of hydrogen-bond donors (Lipinski definition) is 1. The van der Waals surface area contributed by atoms with Crippen LogP contribution in [0.2, 0.25) is 0 Å². The number of fused-ring (bicyclic) bond motifs is 1. The Balaban J connectivity index is 2.30. The summed E-state index contributed by atoms with van der Waals surface area (Å²) >= 11 is 1.89. The minimum atomic E-state index is 0.347. The molecule has 1 aliphatic rings. The van der Waals surface area contributed by atoms with Gasteiger partial charge in [0, 0.05) is 24.0 Å². The Morgan fingerprint density at radius 1 is 1.45 bits per heavy atom. The zero-order valence-electron chi connectivity index (χ0n) is 13.8. The van der Waals surface area contributed by atoms with Crippen LogP contribution in [0.15, 0.2) is 0 Å². The Morgan fingerprint density at radius 3 is 2.75 bits per heavy atom. The molecule has 114 valence electrons. The normalized spacial score (nSPS) is 22.4. The zero-order chi connectivity index (χ0) is 14.9. The van der Waals surface area contributed by atoms with E-state index in [0.29, 0.717) is 17.5 Å². The first kappa shape index (κ1) is 15.8. The second-order valence-corrected chi connectivity index (χ2v) is 7.84. The van der Waals surface area contributed by atoms with Crippen LogP contribution in [-0.4, -0.2) is 24.6 Å². The largest absolute Gasteiger partial charge is 0.348 e. The van der Waals surface area contributed by atoms with Crippen LogP contribution in [0.5, 0.6) is 0 Å². The number of aromatic nitrogens is 1. The predicted octanol–water partition coefficient (Wildman–Crippen LogP) is 4.00. The number of thiazole rings is 1. The molecule has 2 unspecified atom stereocenters. The number of rotatable bonds is 5. The van der Waals surface area contributed by atoms with Gasteiger partial charge in [-0.3, -0.25) is 0 Å². The van der Waals surface area contributed by atoms with E-state index < -0.39 is 0 Å². The molecule has 1 aromatic rings. The van der Waals surface area contributed by atoms with Crippen LogP contribution >= 0.6 is 11.3 Å². The van der Waals surface area contributed by atoms with Gasteiger partial charge in [-0.05, 0) is 38.1 Å². The summed E-state index contributed by atoms with van der Waals surface area (Å²) in [6.45, 7) is 12.4. The smallest absolute Gasteiger partial charge is 0.185 e. The van der Waals surface area contributed by atoms with Crippen molar-refractivity contribution in [2.75, 3.05) is 18.5 Å². The summed E-state index contributed by atoms with van der Waals surface area (Å²) in [7, 11) is 2.17. The molecule has 0 saturated carbocycles. The average molecular weight is 295 g/mol. The molecule has 0 aromatic carbocycles. The molecular formula is C16H29N3S. The minimum Gasteiger partial charge on any atom is -0.348 e. The highest BCUT2D eigenvalue weighted by Gasteiger charge is 2.35. The highest BCUT2D eigenvalue weighted by molar-refractivity contribution is 7.15. The van der Waals surface area contributed by atoms with E-state index in [-0.39, 0.29) is 0 Å². The molecule has 0 spiro atoms. The molecule has 0 bridgehead atoms. The second kappa shape index (κ2) is 6.02. The van der Waals surface area contributed by atoms with Crippen molar-refractivity contribution in [2.45, 2.75) is 66.0 Å². The monoisotopic (exact) mass is 295 g/mol. The van der Waals surface area contributed by atoms with E-state index in [1.54, 1.807) is 0 Å². The lowest BCUT2D eigenvalue weighted by Gasteiger charge is -2.34. The van der Waals surface area contributed by atoms with Gasteiger partial charge in [0.05, 0.1) is 5.69 Å². The zero-order valence-corrected chi connectivity index (χ0v) is 14.6. The van der Waals surface area contributed by atoms with Gasteiger partial charge >= 0.3 is 0 Å². The predicted molar refractivity (Wildman–Crippen MR) is 88.8 cm³/mol. The molecule has 1 aromatic heterocycles. The summed E-state index contributed by atoms with van der Waals surface area (Å²) < 4.78 is 0. The molecule has 2 atom stereocenters. The van der Waals surface area contributed by atoms with Crippen LogP contribution in [-0.2, 0) is 6.42 Å². The van der Waals surface area contributed by atoms with E-state index in [0.717, 1.165) is 19.4 Å². The van der Waals surface area contributed by atoms with Gasteiger partial charge < -0.3 is 10.2 Å². The number of nitrogens with zero attached hydrogens (tertiary/aromatic N) is 2. The first-order valence-electron chi connectivity index (χ1n) is 7.83. The molecule has 1 aliphatic carbocycles. The fourth-order valence-corrected chi connectivity index (χ4v) is 4.17. The lowest BCUT2D eigenvalue weighted by Crippen LogP contribution is -2.32. The molecule has 0 aliphatic heterocycles. The Labute approximate surface area is 127 Å². The average Bonchev–Trinajstić information content (AvgIpc) is 2.79. The van der Waals surface area contributed by atoms with Gasteiger partial charge in [-0.25, -0.2) is 4.98 Å². The first-order chi connectivity index (χ1) is 9.38. The third-order valence-corrected chi connectivity index (χ3v) is 5.74. The van der Waals surface area contributed by atoms with Crippen molar-refractivity contribution in [1.29, 1.82) is 0 Å². The lowest BCUT2D eigenvalue weighted by atomic mass is 9.76. The highest BCUT2D eigenvalue weighted by Crippen LogP contribution is 2.44. The van der Waals surface area contributed by atoms with E-state index in [1.165, 1.54) is 22.1 Å². The van der Waals surface area contributed by atoms with Crippen molar-refractivity contribution < 1.29 is 0 Å². The van der Waals surface area contributed by atoms with Crippen molar-refractivity contribution in [2.24, 2.45) is 5.41 Å². The number of anilines is 1. The lowest BCUT2D eigenvalue weighted by molar-refractivity contribution is 0.260. The Bertz CT molecular complexity index is 453. The summed E-state index contributed by atoms with van der Waals surface area (Å²) in [6.07, 6.45) is 3.47. The van der Waals surface area contributed by atoms with Crippen LogP contribution in [0.25, 0.3) is 0 Å². The topological polar surface area (TPSA) is 28.2 Å². The maximum atomic E-state index is 4.95. The third-order valence-electron chi connectivity index (χ3n) is 4.44. The van der Waals surface area contributed by atoms with Gasteiger partial charge in [0.15, 0.2) is 5.13 Å². The summed E-state index contributed by atoms with van der Waals surface area (Å²) in [5.74, 6) is 0. The molecular weight excluding hydrogens is 266 g/mol. The Morgan fingerprint density at radius 2 is 2.15 bits per heavy atom. The van der Waals surface area contributed by atoms with Crippen LogP contribution in [0, 0.1) is 5.41 Å². The molecule has 0 fully saturated rings. The SMILES string of the molecule is CCNC1CC(C)(C)Cc2nc(N(C)C(C)CC)sc21. The summed E-state index contributed by atoms with van der Waals surface area (Å²) in [6, 6.07) is 1.03. The van der Waals surface area contributed by atoms with Gasteiger partial charge in [0.25, 0.3) is 0 Å². The van der Waals surface area contributed by atoms with Crippen molar-refractivity contribution in [3.8, 4) is 0 Å². The van der Waals surface area contributed by atoms with E-state index in [1.807, 2.05) is 11.3 Å². The number of nitrogens with one attached hydrogen (secondary N) is 1. The summed E-state index contributed by atoms with van der Waals surface area (Å²) in [5.41, 5.74) is 1.67. The third kappa shape index (κ3) is 3.17. The molecule has 2 rings (SSSR count). The van der Waals surface area contributed by atoms with E-state index >= 15 is 0 Å². The van der Waals surface area contributed by atoms with Crippen molar-refractivity contribution >= 4 is 16.5 Å². The van der Waals surface area contributed by atoms with Crippen LogP contribution in [0.4, 0.5) is 5.13 Å². The quantitative estimate of drug-likeness (QED) is 0.890. The van der Waals surface area contributed by atoms with Gasteiger partial charge in [-0.1, -0.05) is 39.0 Å². The molecule has 1 heterocycles. The van der Waals surface area contributed by atoms with Crippen LogP contribution < -0.4 is 10.2 Å². The van der Waals surface area contributed by atoms with E-state index in [9.17, 15) is 0 Å². The fourth-order valence-electron chi connectivity index (χ4n) is 2.94. The van der Waals surface area contributed by atoms with Gasteiger partial charge in [0.1, 0.15) is 0 Å². The van der Waals surface area contributed by atoms with Crippen LogP contribution in [0.3, 0.4) is 0 Å². The fraction of sp³-hybridized carbons (Fsp3) is 0.812.